The van der Waals surface area contributed by atoms with Crippen LogP contribution in [0.3, 0.4) is 0 Å². The van der Waals surface area contributed by atoms with E-state index in [1.54, 1.807) is 19.9 Å². The second-order valence-corrected chi connectivity index (χ2v) is 12.3. The Morgan fingerprint density at radius 1 is 1.25 bits per heavy atom. The van der Waals surface area contributed by atoms with E-state index in [0.29, 0.717) is 12.0 Å². The highest BCUT2D eigenvalue weighted by atomic mass is 79.9. The van der Waals surface area contributed by atoms with Crippen molar-refractivity contribution in [1.29, 1.82) is 0 Å². The van der Waals surface area contributed by atoms with Crippen LogP contribution < -0.4 is 0 Å². The zero-order valence-electron chi connectivity index (χ0n) is 18.7. The summed E-state index contributed by atoms with van der Waals surface area (Å²) in [6.07, 6.45) is 2.40. The van der Waals surface area contributed by atoms with Gasteiger partial charge < -0.3 is 19.7 Å². The molecule has 9 atom stereocenters. The van der Waals surface area contributed by atoms with Crippen LogP contribution in [0.4, 0.5) is 4.39 Å². The maximum atomic E-state index is 15.6. The summed E-state index contributed by atoms with van der Waals surface area (Å²) in [6.45, 7) is 6.56. The molecule has 0 aromatic carbocycles. The van der Waals surface area contributed by atoms with Crippen molar-refractivity contribution in [3.8, 4) is 0 Å². The maximum absolute atomic E-state index is 15.6. The second-order valence-electron chi connectivity index (χ2n) is 11.0. The summed E-state index contributed by atoms with van der Waals surface area (Å²) in [7, 11) is 0. The fourth-order valence-electron chi connectivity index (χ4n) is 7.92. The van der Waals surface area contributed by atoms with Gasteiger partial charge in [-0.15, -0.1) is 0 Å². The Morgan fingerprint density at radius 2 is 1.94 bits per heavy atom. The number of Topliss-reactive ketones (excluding diaryl/α,β-unsaturated/α-hetero) is 1. The molecule has 0 radical (unpaired) electrons. The fraction of sp³-hybridized carbons (Fsp3) is 0.750. The molecule has 8 heteroatoms. The third-order valence-corrected chi connectivity index (χ3v) is 11.1. The molecule has 1 aliphatic heterocycles. The van der Waals surface area contributed by atoms with Gasteiger partial charge in [0, 0.05) is 10.8 Å². The third-order valence-electron chi connectivity index (χ3n) is 9.18. The molecule has 32 heavy (non-hydrogen) atoms. The highest BCUT2D eigenvalue weighted by Crippen LogP contribution is 2.73. The maximum Gasteiger partial charge on any atom is 0.193 e. The quantitative estimate of drug-likeness (QED) is 0.552. The summed E-state index contributed by atoms with van der Waals surface area (Å²) < 4.78 is 27.1. The average Bonchev–Trinajstić information content (AvgIpc) is 3.11. The first kappa shape index (κ1) is 22.8. The van der Waals surface area contributed by atoms with Crippen molar-refractivity contribution in [2.75, 3.05) is 6.61 Å². The van der Waals surface area contributed by atoms with Gasteiger partial charge in [0.05, 0.1) is 16.5 Å². The highest BCUT2D eigenvalue weighted by molar-refractivity contribution is 9.10. The first-order valence-electron chi connectivity index (χ1n) is 11.3. The predicted octanol–water partition coefficient (Wildman–Crippen LogP) is 2.79. The first-order valence-corrected chi connectivity index (χ1v) is 12.0. The molecule has 5 aliphatic rings. The molecule has 176 valence electrons. The van der Waals surface area contributed by atoms with Crippen LogP contribution in [0, 0.1) is 22.7 Å². The molecule has 0 bridgehead atoms. The number of carbonyl (C=O) groups excluding carboxylic acids is 2. The standard InChI is InChI=1S/C24H30BrFO6/c1-20(2)31-19-9-13-14-8-16(26)15-7-12(28)5-6-21(15,3)23(14,25)17(29)10-22(13,4)24(19,32-20)18(30)11-27/h5-7,13-14,16-17,19,27,29H,8-11H2,1-4H3/t13-,14-,16-,17-,19+,21-,22-,23-,24+/m0/s1. The molecule has 4 aliphatic carbocycles. The lowest BCUT2D eigenvalue weighted by molar-refractivity contribution is -0.222. The van der Waals surface area contributed by atoms with Gasteiger partial charge in [-0.05, 0) is 62.7 Å². The minimum atomic E-state index is -1.41. The summed E-state index contributed by atoms with van der Waals surface area (Å²) in [5, 5.41) is 21.5. The molecule has 0 amide bonds. The van der Waals surface area contributed by atoms with E-state index < -0.39 is 57.3 Å². The van der Waals surface area contributed by atoms with Gasteiger partial charge in [0.15, 0.2) is 23.0 Å². The van der Waals surface area contributed by atoms with Crippen molar-refractivity contribution in [2.45, 2.75) is 81.0 Å². The van der Waals surface area contributed by atoms with Gasteiger partial charge in [0.1, 0.15) is 12.8 Å². The van der Waals surface area contributed by atoms with E-state index in [1.165, 1.54) is 12.2 Å². The van der Waals surface area contributed by atoms with Crippen molar-refractivity contribution < 1.29 is 33.7 Å². The number of carbonyl (C=O) groups is 2. The normalized spacial score (nSPS) is 53.2. The number of ether oxygens (including phenoxy) is 2. The van der Waals surface area contributed by atoms with E-state index in [9.17, 15) is 19.8 Å². The molecule has 0 unspecified atom stereocenters. The van der Waals surface area contributed by atoms with E-state index in [4.69, 9.17) is 9.47 Å². The predicted molar refractivity (Wildman–Crippen MR) is 117 cm³/mol. The van der Waals surface area contributed by atoms with Gasteiger partial charge in [0.2, 0.25) is 0 Å². The summed E-state index contributed by atoms with van der Waals surface area (Å²) in [4.78, 5) is 25.3. The summed E-state index contributed by atoms with van der Waals surface area (Å²) in [5.74, 6) is -2.28. The van der Waals surface area contributed by atoms with Crippen LogP contribution in [0.1, 0.15) is 47.0 Å². The monoisotopic (exact) mass is 512 g/mol. The molecule has 0 aromatic heterocycles. The van der Waals surface area contributed by atoms with Crippen molar-refractivity contribution in [1.82, 2.24) is 0 Å². The molecule has 1 heterocycles. The number of hydrogen-bond acceptors (Lipinski definition) is 6. The zero-order valence-corrected chi connectivity index (χ0v) is 20.3. The minimum Gasteiger partial charge on any atom is -0.392 e. The van der Waals surface area contributed by atoms with Crippen LogP contribution in [-0.4, -0.2) is 62.5 Å². The van der Waals surface area contributed by atoms with Crippen LogP contribution in [0.25, 0.3) is 0 Å². The van der Waals surface area contributed by atoms with Crippen LogP contribution in [-0.2, 0) is 19.1 Å². The van der Waals surface area contributed by atoms with Crippen molar-refractivity contribution >= 4 is 27.5 Å². The Morgan fingerprint density at radius 3 is 2.59 bits per heavy atom. The molecule has 2 N–H and O–H groups in total. The molecular weight excluding hydrogens is 483 g/mol. The SMILES string of the molecule is CC1(C)O[C@@H]2C[C@H]3[C@@H]4C[C@H](F)C5=CC(=O)C=C[C@]5(C)[C@@]4(Br)[C@@H](O)C[C@]3(C)[C@]2(C(=O)CO)O1. The number of ketones is 2. The Balaban J connectivity index is 1.66. The van der Waals surface area contributed by atoms with Crippen LogP contribution in [0.2, 0.25) is 0 Å². The van der Waals surface area contributed by atoms with Gasteiger partial charge in [-0.1, -0.05) is 35.9 Å². The minimum absolute atomic E-state index is 0.116. The summed E-state index contributed by atoms with van der Waals surface area (Å²) in [6, 6.07) is 0. The number of fused-ring (bicyclic) bond motifs is 7. The molecular formula is C24H30BrFO6. The summed E-state index contributed by atoms with van der Waals surface area (Å²) >= 11 is 3.88. The van der Waals surface area contributed by atoms with Crippen LogP contribution >= 0.6 is 15.9 Å². The smallest absolute Gasteiger partial charge is 0.193 e. The number of halogens is 2. The lowest BCUT2D eigenvalue weighted by atomic mass is 9.45. The van der Waals surface area contributed by atoms with E-state index in [0.717, 1.165) is 0 Å². The van der Waals surface area contributed by atoms with E-state index in [2.05, 4.69) is 15.9 Å². The Kier molecular flexibility index (Phi) is 4.71. The topological polar surface area (TPSA) is 93.1 Å². The largest absolute Gasteiger partial charge is 0.392 e. The highest BCUT2D eigenvalue weighted by Gasteiger charge is 2.79. The molecule has 3 saturated carbocycles. The average molecular weight is 513 g/mol. The van der Waals surface area contributed by atoms with Gasteiger partial charge in [0.25, 0.3) is 0 Å². The Bertz CT molecular complexity index is 962. The zero-order chi connectivity index (χ0) is 23.5. The Hall–Kier alpha value is -0.930. The van der Waals surface area contributed by atoms with Gasteiger partial charge in [-0.2, -0.15) is 0 Å². The molecule has 6 nitrogen and oxygen atoms in total. The number of allylic oxidation sites excluding steroid dienone is 4. The molecule has 4 fully saturated rings. The molecule has 1 saturated heterocycles. The first-order chi connectivity index (χ1) is 14.8. The van der Waals surface area contributed by atoms with Gasteiger partial charge in [-0.3, -0.25) is 9.59 Å². The van der Waals surface area contributed by atoms with E-state index in [1.807, 2.05) is 13.8 Å². The van der Waals surface area contributed by atoms with Gasteiger partial charge in [-0.25, -0.2) is 4.39 Å². The second kappa shape index (κ2) is 6.60. The molecule has 5 rings (SSSR count). The number of hydrogen-bond donors (Lipinski definition) is 2. The lowest BCUT2D eigenvalue weighted by Gasteiger charge is -2.64. The molecule has 0 spiro atoms. The van der Waals surface area contributed by atoms with Crippen molar-refractivity contribution in [2.24, 2.45) is 22.7 Å². The number of alkyl halides is 2. The number of aliphatic hydroxyl groups is 2. The van der Waals surface area contributed by atoms with Crippen LogP contribution in [0.5, 0.6) is 0 Å². The van der Waals surface area contributed by atoms with Gasteiger partial charge >= 0.3 is 0 Å². The van der Waals surface area contributed by atoms with Crippen molar-refractivity contribution in [3.63, 3.8) is 0 Å². The third kappa shape index (κ3) is 2.43. The molecule has 0 aromatic rings. The summed E-state index contributed by atoms with van der Waals surface area (Å²) in [5.41, 5.74) is -2.80. The number of rotatable bonds is 2. The number of aliphatic hydroxyl groups excluding tert-OH is 2. The fourth-order valence-corrected chi connectivity index (χ4v) is 8.95. The van der Waals surface area contributed by atoms with E-state index >= 15 is 4.39 Å². The Labute approximate surface area is 195 Å². The van der Waals surface area contributed by atoms with E-state index in [-0.39, 0.29) is 30.5 Å². The van der Waals surface area contributed by atoms with Crippen LogP contribution in [0.15, 0.2) is 23.8 Å². The van der Waals surface area contributed by atoms with Crippen molar-refractivity contribution in [3.05, 3.63) is 23.8 Å². The lowest BCUT2D eigenvalue weighted by Crippen LogP contribution is -2.70.